The third kappa shape index (κ3) is 4.45. The molecule has 88 valence electrons. The minimum Gasteiger partial charge on any atom is -0.468 e. The fourth-order valence-corrected chi connectivity index (χ4v) is 1.52. The van der Waals surface area contributed by atoms with Crippen LogP contribution in [-0.2, 0) is 16.0 Å². The number of benzene rings is 1. The van der Waals surface area contributed by atoms with E-state index in [0.717, 1.165) is 19.4 Å². The Kier molecular flexibility index (Phi) is 5.57. The van der Waals surface area contributed by atoms with Crippen LogP contribution in [0.15, 0.2) is 30.3 Å². The Hall–Kier alpha value is -1.35. The summed E-state index contributed by atoms with van der Waals surface area (Å²) in [6.07, 6.45) is 2.05. The van der Waals surface area contributed by atoms with Crippen molar-refractivity contribution in [2.75, 3.05) is 13.7 Å². The molecule has 0 amide bonds. The lowest BCUT2D eigenvalue weighted by molar-refractivity contribution is -0.142. The van der Waals surface area contributed by atoms with Gasteiger partial charge >= 0.3 is 5.97 Å². The van der Waals surface area contributed by atoms with Crippen molar-refractivity contribution in [2.24, 2.45) is 0 Å². The minimum absolute atomic E-state index is 0.209. The van der Waals surface area contributed by atoms with Crippen LogP contribution in [0.5, 0.6) is 0 Å². The SMILES string of the molecule is COC(=O)[C@H](C)NCCCc1ccccc1. The lowest BCUT2D eigenvalue weighted by Gasteiger charge is -2.10. The van der Waals surface area contributed by atoms with Gasteiger partial charge in [-0.25, -0.2) is 0 Å². The first-order chi connectivity index (χ1) is 7.74. The van der Waals surface area contributed by atoms with E-state index in [-0.39, 0.29) is 12.0 Å². The highest BCUT2D eigenvalue weighted by molar-refractivity contribution is 5.74. The molecule has 3 heteroatoms. The van der Waals surface area contributed by atoms with Gasteiger partial charge in [0.25, 0.3) is 0 Å². The summed E-state index contributed by atoms with van der Waals surface area (Å²) in [5, 5.41) is 3.13. The van der Waals surface area contributed by atoms with Crippen molar-refractivity contribution in [2.45, 2.75) is 25.8 Å². The van der Waals surface area contributed by atoms with Crippen molar-refractivity contribution in [3.63, 3.8) is 0 Å². The zero-order chi connectivity index (χ0) is 11.8. The highest BCUT2D eigenvalue weighted by atomic mass is 16.5. The zero-order valence-electron chi connectivity index (χ0n) is 9.90. The second-order valence-corrected chi connectivity index (χ2v) is 3.79. The molecule has 0 radical (unpaired) electrons. The third-order valence-electron chi connectivity index (χ3n) is 2.49. The largest absolute Gasteiger partial charge is 0.468 e. The van der Waals surface area contributed by atoms with Gasteiger partial charge in [0.2, 0.25) is 0 Å². The third-order valence-corrected chi connectivity index (χ3v) is 2.49. The predicted molar refractivity (Wildman–Crippen MR) is 64.2 cm³/mol. The summed E-state index contributed by atoms with van der Waals surface area (Å²) in [6, 6.07) is 10.1. The van der Waals surface area contributed by atoms with E-state index in [2.05, 4.69) is 22.2 Å². The van der Waals surface area contributed by atoms with Gasteiger partial charge in [0.15, 0.2) is 0 Å². The molecule has 16 heavy (non-hydrogen) atoms. The molecule has 0 heterocycles. The topological polar surface area (TPSA) is 38.3 Å². The zero-order valence-corrected chi connectivity index (χ0v) is 9.90. The van der Waals surface area contributed by atoms with Crippen LogP contribution in [0.3, 0.4) is 0 Å². The average molecular weight is 221 g/mol. The van der Waals surface area contributed by atoms with E-state index in [1.165, 1.54) is 12.7 Å². The van der Waals surface area contributed by atoms with Gasteiger partial charge in [-0.2, -0.15) is 0 Å². The first kappa shape index (κ1) is 12.7. The molecule has 1 rings (SSSR count). The van der Waals surface area contributed by atoms with E-state index in [9.17, 15) is 4.79 Å². The number of carbonyl (C=O) groups is 1. The van der Waals surface area contributed by atoms with Gasteiger partial charge < -0.3 is 10.1 Å². The monoisotopic (exact) mass is 221 g/mol. The van der Waals surface area contributed by atoms with Crippen LogP contribution in [0.4, 0.5) is 0 Å². The van der Waals surface area contributed by atoms with Crippen LogP contribution in [-0.4, -0.2) is 25.7 Å². The number of aryl methyl sites for hydroxylation is 1. The summed E-state index contributed by atoms with van der Waals surface area (Å²) in [4.78, 5) is 11.1. The number of esters is 1. The molecule has 1 atom stereocenters. The van der Waals surface area contributed by atoms with Gasteiger partial charge in [-0.1, -0.05) is 30.3 Å². The lowest BCUT2D eigenvalue weighted by atomic mass is 10.1. The molecule has 0 aliphatic carbocycles. The van der Waals surface area contributed by atoms with Gasteiger partial charge in [0.1, 0.15) is 6.04 Å². The Bertz CT molecular complexity index is 311. The Morgan fingerprint density at radius 3 is 2.69 bits per heavy atom. The molecule has 0 fully saturated rings. The molecule has 0 saturated carbocycles. The molecule has 0 aromatic heterocycles. The standard InChI is InChI=1S/C13H19NO2/c1-11(13(15)16-2)14-10-6-9-12-7-4-3-5-8-12/h3-5,7-8,11,14H,6,9-10H2,1-2H3/t11-/m0/s1. The van der Waals surface area contributed by atoms with Gasteiger partial charge in [0, 0.05) is 0 Å². The molecule has 1 N–H and O–H groups in total. The molecular formula is C13H19NO2. The average Bonchev–Trinajstić information content (AvgIpc) is 2.34. The molecule has 1 aromatic rings. The molecule has 1 aromatic carbocycles. The molecule has 0 spiro atoms. The van der Waals surface area contributed by atoms with E-state index < -0.39 is 0 Å². The molecule has 0 saturated heterocycles. The van der Waals surface area contributed by atoms with Crippen LogP contribution in [0.1, 0.15) is 18.9 Å². The maximum absolute atomic E-state index is 11.1. The van der Waals surface area contributed by atoms with Crippen LogP contribution in [0, 0.1) is 0 Å². The summed E-state index contributed by atoms with van der Waals surface area (Å²) in [7, 11) is 1.41. The smallest absolute Gasteiger partial charge is 0.322 e. The van der Waals surface area contributed by atoms with Crippen LogP contribution in [0.2, 0.25) is 0 Å². The fourth-order valence-electron chi connectivity index (χ4n) is 1.52. The molecule has 0 unspecified atom stereocenters. The van der Waals surface area contributed by atoms with Crippen LogP contribution < -0.4 is 5.32 Å². The highest BCUT2D eigenvalue weighted by Crippen LogP contribution is 2.01. The quantitative estimate of drug-likeness (QED) is 0.587. The van der Waals surface area contributed by atoms with E-state index in [0.29, 0.717) is 0 Å². The lowest BCUT2D eigenvalue weighted by Crippen LogP contribution is -2.35. The van der Waals surface area contributed by atoms with E-state index >= 15 is 0 Å². The molecule has 0 aliphatic heterocycles. The van der Waals surface area contributed by atoms with Crippen LogP contribution >= 0.6 is 0 Å². The maximum atomic E-state index is 11.1. The van der Waals surface area contributed by atoms with Crippen LogP contribution in [0.25, 0.3) is 0 Å². The van der Waals surface area contributed by atoms with Crippen molar-refractivity contribution in [1.29, 1.82) is 0 Å². The van der Waals surface area contributed by atoms with Crippen molar-refractivity contribution < 1.29 is 9.53 Å². The molecule has 3 nitrogen and oxygen atoms in total. The number of carbonyl (C=O) groups excluding carboxylic acids is 1. The molecule has 0 aliphatic rings. The van der Waals surface area contributed by atoms with Crippen molar-refractivity contribution in [3.05, 3.63) is 35.9 Å². The normalized spacial score (nSPS) is 12.1. The number of methoxy groups -OCH3 is 1. The second-order valence-electron chi connectivity index (χ2n) is 3.79. The number of nitrogens with one attached hydrogen (secondary N) is 1. The van der Waals surface area contributed by atoms with Gasteiger partial charge in [-0.15, -0.1) is 0 Å². The molecular weight excluding hydrogens is 202 g/mol. The summed E-state index contributed by atoms with van der Waals surface area (Å²) < 4.78 is 4.63. The van der Waals surface area contributed by atoms with Gasteiger partial charge in [0.05, 0.1) is 7.11 Å². The number of ether oxygens (including phenoxy) is 1. The Morgan fingerprint density at radius 1 is 1.38 bits per heavy atom. The van der Waals surface area contributed by atoms with Crippen molar-refractivity contribution in [3.8, 4) is 0 Å². The number of rotatable bonds is 6. The van der Waals surface area contributed by atoms with Crippen molar-refractivity contribution >= 4 is 5.97 Å². The summed E-state index contributed by atoms with van der Waals surface area (Å²) >= 11 is 0. The molecule has 0 bridgehead atoms. The fraction of sp³-hybridized carbons (Fsp3) is 0.462. The van der Waals surface area contributed by atoms with E-state index in [1.807, 2.05) is 25.1 Å². The van der Waals surface area contributed by atoms with E-state index in [4.69, 9.17) is 0 Å². The summed E-state index contributed by atoms with van der Waals surface area (Å²) in [6.45, 7) is 2.64. The second kappa shape index (κ2) is 7.01. The summed E-state index contributed by atoms with van der Waals surface area (Å²) in [5.74, 6) is -0.209. The first-order valence-corrected chi connectivity index (χ1v) is 5.59. The van der Waals surface area contributed by atoms with E-state index in [1.54, 1.807) is 0 Å². The summed E-state index contributed by atoms with van der Waals surface area (Å²) in [5.41, 5.74) is 1.33. The first-order valence-electron chi connectivity index (χ1n) is 5.59. The number of hydrogen-bond acceptors (Lipinski definition) is 3. The maximum Gasteiger partial charge on any atom is 0.322 e. The minimum atomic E-state index is -0.222. The van der Waals surface area contributed by atoms with Crippen molar-refractivity contribution in [1.82, 2.24) is 5.32 Å². The highest BCUT2D eigenvalue weighted by Gasteiger charge is 2.10. The number of hydrogen-bond donors (Lipinski definition) is 1. The van der Waals surface area contributed by atoms with Gasteiger partial charge in [-0.05, 0) is 31.9 Å². The Balaban J connectivity index is 2.15. The Labute approximate surface area is 96.8 Å². The predicted octanol–water partition coefficient (Wildman–Crippen LogP) is 1.77. The van der Waals surface area contributed by atoms with Gasteiger partial charge in [-0.3, -0.25) is 4.79 Å². The Morgan fingerprint density at radius 2 is 2.06 bits per heavy atom.